The van der Waals surface area contributed by atoms with Crippen molar-refractivity contribution in [2.24, 2.45) is 0 Å². The SMILES string of the molecule is Fc1cccc2nc(-c3ccc(-c4ccccc4-c4ccccc4-c4ccc5c(c4)c4c(n5-c5ccccc5)=CCCC=4)cc3)oc12. The zero-order valence-corrected chi connectivity index (χ0v) is 25.5. The number of oxazole rings is 1. The Hall–Kier alpha value is -6.00. The number of para-hydroxylation sites is 2. The van der Waals surface area contributed by atoms with Crippen molar-refractivity contribution < 1.29 is 8.81 Å². The van der Waals surface area contributed by atoms with E-state index in [9.17, 15) is 4.39 Å². The molecule has 0 saturated carbocycles. The van der Waals surface area contributed by atoms with E-state index in [1.54, 1.807) is 12.1 Å². The molecule has 0 aliphatic heterocycles. The van der Waals surface area contributed by atoms with Gasteiger partial charge in [0.1, 0.15) is 5.52 Å². The summed E-state index contributed by atoms with van der Waals surface area (Å²) in [5, 5.41) is 3.87. The van der Waals surface area contributed by atoms with Gasteiger partial charge in [0.05, 0.1) is 5.52 Å². The molecule has 0 N–H and O–H groups in total. The van der Waals surface area contributed by atoms with Crippen LogP contribution in [-0.4, -0.2) is 9.55 Å². The monoisotopic (exact) mass is 608 g/mol. The molecule has 9 rings (SSSR count). The van der Waals surface area contributed by atoms with Crippen LogP contribution in [0.4, 0.5) is 4.39 Å². The van der Waals surface area contributed by atoms with Gasteiger partial charge in [-0.2, -0.15) is 0 Å². The van der Waals surface area contributed by atoms with E-state index >= 15 is 0 Å². The molecule has 2 aromatic heterocycles. The van der Waals surface area contributed by atoms with Gasteiger partial charge in [-0.1, -0.05) is 103 Å². The molecule has 4 heteroatoms. The van der Waals surface area contributed by atoms with E-state index in [-0.39, 0.29) is 5.58 Å². The van der Waals surface area contributed by atoms with Crippen molar-refractivity contribution in [2.45, 2.75) is 12.8 Å². The molecule has 0 bridgehead atoms. The number of aromatic nitrogens is 2. The predicted molar refractivity (Wildman–Crippen MR) is 190 cm³/mol. The third kappa shape index (κ3) is 4.60. The van der Waals surface area contributed by atoms with Crippen LogP contribution < -0.4 is 10.6 Å². The zero-order chi connectivity index (χ0) is 31.3. The average molecular weight is 609 g/mol. The average Bonchev–Trinajstić information content (AvgIpc) is 3.73. The van der Waals surface area contributed by atoms with E-state index < -0.39 is 5.82 Å². The first-order chi connectivity index (χ1) is 23.2. The van der Waals surface area contributed by atoms with E-state index in [1.807, 2.05) is 12.1 Å². The molecule has 0 amide bonds. The first kappa shape index (κ1) is 27.3. The molecule has 0 radical (unpaired) electrons. The number of fused-ring (bicyclic) bond motifs is 4. The van der Waals surface area contributed by atoms with Crippen molar-refractivity contribution in [3.8, 4) is 50.5 Å². The van der Waals surface area contributed by atoms with Crippen molar-refractivity contribution in [1.82, 2.24) is 9.55 Å². The Morgan fingerprint density at radius 1 is 0.574 bits per heavy atom. The van der Waals surface area contributed by atoms with Gasteiger partial charge in [0, 0.05) is 27.2 Å². The predicted octanol–water partition coefficient (Wildman–Crippen LogP) is 9.93. The lowest BCUT2D eigenvalue weighted by molar-refractivity contribution is 0.564. The number of halogens is 1. The Labute approximate surface area is 271 Å². The maximum absolute atomic E-state index is 14.2. The largest absolute Gasteiger partial charge is 0.433 e. The number of nitrogens with zero attached hydrogens (tertiary/aromatic N) is 2. The van der Waals surface area contributed by atoms with Gasteiger partial charge >= 0.3 is 0 Å². The molecule has 0 spiro atoms. The third-order valence-corrected chi connectivity index (χ3v) is 9.18. The van der Waals surface area contributed by atoms with Gasteiger partial charge in [-0.25, -0.2) is 9.37 Å². The molecule has 0 atom stereocenters. The molecule has 224 valence electrons. The van der Waals surface area contributed by atoms with Gasteiger partial charge < -0.3 is 8.98 Å². The van der Waals surface area contributed by atoms with Gasteiger partial charge in [-0.3, -0.25) is 0 Å². The van der Waals surface area contributed by atoms with Crippen molar-refractivity contribution in [3.63, 3.8) is 0 Å². The fraction of sp³-hybridized carbons (Fsp3) is 0.0465. The van der Waals surface area contributed by atoms with Crippen LogP contribution in [-0.2, 0) is 0 Å². The molecule has 6 aromatic carbocycles. The Morgan fingerprint density at radius 2 is 1.21 bits per heavy atom. The Kier molecular flexibility index (Phi) is 6.46. The minimum Gasteiger partial charge on any atom is -0.433 e. The van der Waals surface area contributed by atoms with Gasteiger partial charge in [-0.05, 0) is 94.8 Å². The first-order valence-electron chi connectivity index (χ1n) is 16.0. The van der Waals surface area contributed by atoms with Crippen molar-refractivity contribution in [1.29, 1.82) is 0 Å². The van der Waals surface area contributed by atoms with Crippen molar-refractivity contribution in [2.75, 3.05) is 0 Å². The minimum atomic E-state index is -0.408. The summed E-state index contributed by atoms with van der Waals surface area (Å²) < 4.78 is 22.4. The molecular weight excluding hydrogens is 579 g/mol. The summed E-state index contributed by atoms with van der Waals surface area (Å²) in [5.74, 6) is -0.00136. The molecule has 3 nitrogen and oxygen atoms in total. The lowest BCUT2D eigenvalue weighted by atomic mass is 9.89. The zero-order valence-electron chi connectivity index (χ0n) is 25.5. The number of hydrogen-bond acceptors (Lipinski definition) is 2. The van der Waals surface area contributed by atoms with Crippen LogP contribution in [0, 0.1) is 5.82 Å². The maximum Gasteiger partial charge on any atom is 0.227 e. The molecule has 8 aromatic rings. The summed E-state index contributed by atoms with van der Waals surface area (Å²) >= 11 is 0. The molecule has 1 aliphatic rings. The van der Waals surface area contributed by atoms with E-state index in [0.29, 0.717) is 11.4 Å². The normalized spacial score (nSPS) is 12.5. The van der Waals surface area contributed by atoms with E-state index in [4.69, 9.17) is 4.42 Å². The fourth-order valence-electron chi connectivity index (χ4n) is 6.99. The molecule has 0 fully saturated rings. The Morgan fingerprint density at radius 3 is 1.96 bits per heavy atom. The first-order valence-corrected chi connectivity index (χ1v) is 16.0. The Bertz CT molecular complexity index is 2580. The quantitative estimate of drug-likeness (QED) is 0.195. The standard InChI is InChI=1S/C43H29FN2O/c44-38-18-10-19-39-42(38)47-43(45-39)29-23-21-28(22-24-29)32-13-4-6-15-34(32)35-16-7-5-14-33(35)30-25-26-41-37(27-30)36-17-8-9-20-40(36)46(41)31-11-2-1-3-12-31/h1-7,10-27H,8-9H2. The molecule has 47 heavy (non-hydrogen) atoms. The van der Waals surface area contributed by atoms with Gasteiger partial charge in [0.15, 0.2) is 11.4 Å². The molecular formula is C43H29FN2O. The summed E-state index contributed by atoms with van der Waals surface area (Å²) in [7, 11) is 0. The summed E-state index contributed by atoms with van der Waals surface area (Å²) in [6.07, 6.45) is 6.87. The molecule has 2 heterocycles. The molecule has 0 saturated heterocycles. The lowest BCUT2D eigenvalue weighted by Crippen LogP contribution is -2.30. The van der Waals surface area contributed by atoms with Crippen molar-refractivity contribution in [3.05, 3.63) is 156 Å². The van der Waals surface area contributed by atoms with Gasteiger partial charge in [0.2, 0.25) is 5.89 Å². The van der Waals surface area contributed by atoms with Crippen LogP contribution in [0.1, 0.15) is 12.8 Å². The second-order valence-electron chi connectivity index (χ2n) is 12.0. The van der Waals surface area contributed by atoms with E-state index in [1.165, 1.54) is 49.9 Å². The number of rotatable bonds is 5. The highest BCUT2D eigenvalue weighted by molar-refractivity contribution is 5.95. The fourth-order valence-corrected chi connectivity index (χ4v) is 6.99. The maximum atomic E-state index is 14.2. The summed E-state index contributed by atoms with van der Waals surface area (Å²) in [4.78, 5) is 4.51. The highest BCUT2D eigenvalue weighted by Gasteiger charge is 2.17. The van der Waals surface area contributed by atoms with Crippen LogP contribution in [0.5, 0.6) is 0 Å². The Balaban J connectivity index is 1.14. The van der Waals surface area contributed by atoms with Crippen LogP contribution in [0.15, 0.2) is 144 Å². The topological polar surface area (TPSA) is 31.0 Å². The lowest BCUT2D eigenvalue weighted by Gasteiger charge is -2.15. The number of benzene rings is 6. The van der Waals surface area contributed by atoms with Gasteiger partial charge in [0.25, 0.3) is 0 Å². The highest BCUT2D eigenvalue weighted by atomic mass is 19.1. The molecule has 0 unspecified atom stereocenters. The second kappa shape index (κ2) is 11.1. The highest BCUT2D eigenvalue weighted by Crippen LogP contribution is 2.39. The summed E-state index contributed by atoms with van der Waals surface area (Å²) in [5.41, 5.74) is 10.8. The molecule has 1 aliphatic carbocycles. The van der Waals surface area contributed by atoms with E-state index in [2.05, 4.69) is 131 Å². The van der Waals surface area contributed by atoms with Crippen LogP contribution in [0.25, 0.3) is 84.7 Å². The summed E-state index contributed by atoms with van der Waals surface area (Å²) in [6, 6.07) is 47.7. The minimum absolute atomic E-state index is 0.180. The number of hydrogen-bond donors (Lipinski definition) is 0. The van der Waals surface area contributed by atoms with Crippen molar-refractivity contribution >= 4 is 34.2 Å². The summed E-state index contributed by atoms with van der Waals surface area (Å²) in [6.45, 7) is 0. The van der Waals surface area contributed by atoms with Crippen LogP contribution in [0.3, 0.4) is 0 Å². The van der Waals surface area contributed by atoms with E-state index in [0.717, 1.165) is 35.1 Å². The third-order valence-electron chi connectivity index (χ3n) is 9.18. The van der Waals surface area contributed by atoms with Crippen LogP contribution >= 0.6 is 0 Å². The van der Waals surface area contributed by atoms with Crippen LogP contribution in [0.2, 0.25) is 0 Å². The van der Waals surface area contributed by atoms with Gasteiger partial charge in [-0.15, -0.1) is 0 Å². The smallest absolute Gasteiger partial charge is 0.227 e. The second-order valence-corrected chi connectivity index (χ2v) is 12.0.